The molecule has 0 aromatic rings. The molecule has 61 heavy (non-hydrogen) atoms. The molecule has 0 heterocycles. The summed E-state index contributed by atoms with van der Waals surface area (Å²) >= 11 is 0. The van der Waals surface area contributed by atoms with E-state index in [4.69, 9.17) is 4.74 Å². The predicted molar refractivity (Wildman–Crippen MR) is 264 cm³/mol. The summed E-state index contributed by atoms with van der Waals surface area (Å²) in [5, 5.41) is 23.7. The van der Waals surface area contributed by atoms with Crippen molar-refractivity contribution in [3.8, 4) is 0 Å². The van der Waals surface area contributed by atoms with Crippen molar-refractivity contribution in [2.75, 3.05) is 6.61 Å². The minimum Gasteiger partial charge on any atom is -0.462 e. The van der Waals surface area contributed by atoms with Crippen LogP contribution >= 0.6 is 0 Å². The minimum absolute atomic E-state index is 0.0171. The molecule has 0 rings (SSSR count). The molecule has 6 nitrogen and oxygen atoms in total. The highest BCUT2D eigenvalue weighted by atomic mass is 16.5. The van der Waals surface area contributed by atoms with E-state index in [-0.39, 0.29) is 24.9 Å². The highest BCUT2D eigenvalue weighted by molar-refractivity contribution is 5.77. The van der Waals surface area contributed by atoms with Gasteiger partial charge in [-0.3, -0.25) is 9.59 Å². The first-order chi connectivity index (χ1) is 30.0. The van der Waals surface area contributed by atoms with Crippen molar-refractivity contribution >= 4 is 11.9 Å². The van der Waals surface area contributed by atoms with Gasteiger partial charge in [0.25, 0.3) is 0 Å². The fraction of sp³-hybridized carbons (Fsp3) is 0.709. The zero-order chi connectivity index (χ0) is 44.5. The summed E-state index contributed by atoms with van der Waals surface area (Å²) in [4.78, 5) is 26.1. The molecule has 0 aromatic heterocycles. The van der Waals surface area contributed by atoms with Crippen molar-refractivity contribution < 1.29 is 24.5 Å². The van der Waals surface area contributed by atoms with Crippen molar-refractivity contribution in [1.29, 1.82) is 0 Å². The first-order valence-electron chi connectivity index (χ1n) is 25.4. The summed E-state index contributed by atoms with van der Waals surface area (Å²) in [6.07, 6.45) is 62.1. The lowest BCUT2D eigenvalue weighted by molar-refractivity contribution is -0.151. The third-order valence-electron chi connectivity index (χ3n) is 11.1. The zero-order valence-corrected chi connectivity index (χ0v) is 39.8. The molecule has 0 radical (unpaired) electrons. The highest BCUT2D eigenvalue weighted by Crippen LogP contribution is 2.17. The molecule has 0 fully saturated rings. The van der Waals surface area contributed by atoms with Crippen molar-refractivity contribution in [3.63, 3.8) is 0 Å². The van der Waals surface area contributed by atoms with Gasteiger partial charge in [0, 0.05) is 6.42 Å². The van der Waals surface area contributed by atoms with Crippen LogP contribution in [0.2, 0.25) is 0 Å². The van der Waals surface area contributed by atoms with Gasteiger partial charge in [-0.25, -0.2) is 0 Å². The van der Waals surface area contributed by atoms with Gasteiger partial charge in [-0.1, -0.05) is 234 Å². The number of aliphatic hydroxyl groups excluding tert-OH is 2. The quantitative estimate of drug-likeness (QED) is 0.0246. The second-order valence-electron chi connectivity index (χ2n) is 17.0. The van der Waals surface area contributed by atoms with E-state index < -0.39 is 18.2 Å². The number of carbonyl (C=O) groups is 2. The Balaban J connectivity index is 4.75. The second kappa shape index (κ2) is 48.1. The maximum absolute atomic E-state index is 13.2. The molecule has 350 valence electrons. The minimum atomic E-state index is -0.813. The largest absolute Gasteiger partial charge is 0.462 e. The van der Waals surface area contributed by atoms with Gasteiger partial charge in [-0.15, -0.1) is 0 Å². The molecule has 1 amide bonds. The maximum atomic E-state index is 13.2. The standard InChI is InChI=1S/C55H95NO5/c1-4-7-10-13-16-19-22-25-27-29-31-34-37-40-43-46-51(61-55(60)48-45-42-39-36-33-28-24-21-18-15-12-9-6-3)49-54(59)56-52(50-57)53(58)47-44-41-38-35-32-30-26-23-20-17-14-11-8-5-2/h7,10,13,16,19,22,25,27-29,31,33-34,37,51-53,57-58H,4-6,8-9,11-12,14-15,17-18,20-21,23-24,26,30,32,35-36,38-50H2,1-3H3,(H,56,59)/b10-7-,16-13+,22-19+,27-25-,31-29+,33-28-,37-34+. The number of ether oxygens (including phenoxy) is 1. The lowest BCUT2D eigenvalue weighted by Crippen LogP contribution is -2.46. The van der Waals surface area contributed by atoms with Crippen LogP contribution in [0.3, 0.4) is 0 Å². The van der Waals surface area contributed by atoms with Gasteiger partial charge in [0.2, 0.25) is 5.91 Å². The van der Waals surface area contributed by atoms with E-state index in [9.17, 15) is 19.8 Å². The topological polar surface area (TPSA) is 95.9 Å². The number of hydrogen-bond donors (Lipinski definition) is 3. The summed E-state index contributed by atoms with van der Waals surface area (Å²) in [5.41, 5.74) is 0. The number of carbonyl (C=O) groups excluding carboxylic acids is 2. The van der Waals surface area contributed by atoms with Gasteiger partial charge in [-0.2, -0.15) is 0 Å². The van der Waals surface area contributed by atoms with Crippen molar-refractivity contribution in [3.05, 3.63) is 85.1 Å². The Morgan fingerprint density at radius 3 is 1.41 bits per heavy atom. The zero-order valence-electron chi connectivity index (χ0n) is 39.8. The van der Waals surface area contributed by atoms with E-state index in [1.54, 1.807) is 0 Å². The molecule has 6 heteroatoms. The molecule has 0 aromatic carbocycles. The van der Waals surface area contributed by atoms with Gasteiger partial charge in [0.05, 0.1) is 25.2 Å². The first kappa shape index (κ1) is 58.0. The van der Waals surface area contributed by atoms with Gasteiger partial charge >= 0.3 is 5.97 Å². The van der Waals surface area contributed by atoms with Crippen LogP contribution < -0.4 is 5.32 Å². The van der Waals surface area contributed by atoms with Gasteiger partial charge in [0.15, 0.2) is 0 Å². The Labute approximate surface area is 376 Å². The molecule has 0 bridgehead atoms. The predicted octanol–water partition coefficient (Wildman–Crippen LogP) is 15.2. The van der Waals surface area contributed by atoms with E-state index in [1.807, 2.05) is 60.8 Å². The molecule has 0 spiro atoms. The smallest absolute Gasteiger partial charge is 0.306 e. The van der Waals surface area contributed by atoms with E-state index in [1.165, 1.54) is 109 Å². The first-order valence-corrected chi connectivity index (χ1v) is 25.4. The average molecular weight is 850 g/mol. The van der Waals surface area contributed by atoms with Crippen LogP contribution in [-0.4, -0.2) is 46.9 Å². The number of amides is 1. The molecular weight excluding hydrogens is 755 g/mol. The molecule has 0 saturated carbocycles. The Bertz CT molecular complexity index is 1180. The second-order valence-corrected chi connectivity index (χ2v) is 17.0. The SMILES string of the molecule is CC\C=C/C=C/C=C/C=C\C=C\C=C\CCCC(CC(=O)NC(CO)C(O)CCCCCCCCCCCCCCCC)OC(=O)CCCCC/C=C\CCCCCCCC. The molecular formula is C55H95NO5. The van der Waals surface area contributed by atoms with Crippen LogP contribution in [0.25, 0.3) is 0 Å². The van der Waals surface area contributed by atoms with Gasteiger partial charge in [-0.05, 0) is 64.2 Å². The number of allylic oxidation sites excluding steroid dienone is 14. The molecule has 3 atom stereocenters. The van der Waals surface area contributed by atoms with Crippen LogP contribution in [0.4, 0.5) is 0 Å². The summed E-state index contributed by atoms with van der Waals surface area (Å²) in [7, 11) is 0. The summed E-state index contributed by atoms with van der Waals surface area (Å²) in [5.74, 6) is -0.572. The van der Waals surface area contributed by atoms with Crippen molar-refractivity contribution in [2.45, 2.75) is 244 Å². The Kier molecular flexibility index (Phi) is 45.7. The third-order valence-corrected chi connectivity index (χ3v) is 11.1. The normalized spacial score (nSPS) is 14.0. The summed E-state index contributed by atoms with van der Waals surface area (Å²) < 4.78 is 5.88. The fourth-order valence-electron chi connectivity index (χ4n) is 7.29. The molecule has 0 aliphatic heterocycles. The van der Waals surface area contributed by atoms with Crippen LogP contribution in [0.1, 0.15) is 226 Å². The molecule has 3 N–H and O–H groups in total. The van der Waals surface area contributed by atoms with Crippen LogP contribution in [0, 0.1) is 0 Å². The van der Waals surface area contributed by atoms with Gasteiger partial charge in [0.1, 0.15) is 6.10 Å². The van der Waals surface area contributed by atoms with Crippen LogP contribution in [0.5, 0.6) is 0 Å². The van der Waals surface area contributed by atoms with Crippen molar-refractivity contribution in [1.82, 2.24) is 5.32 Å². The Morgan fingerprint density at radius 1 is 0.492 bits per heavy atom. The van der Waals surface area contributed by atoms with Crippen LogP contribution in [-0.2, 0) is 14.3 Å². The number of unbranched alkanes of at least 4 members (excludes halogenated alkanes) is 23. The van der Waals surface area contributed by atoms with Crippen molar-refractivity contribution in [2.24, 2.45) is 0 Å². The Hall–Kier alpha value is -2.96. The Morgan fingerprint density at radius 2 is 0.918 bits per heavy atom. The van der Waals surface area contributed by atoms with E-state index in [0.717, 1.165) is 70.6 Å². The molecule has 0 aliphatic rings. The number of esters is 1. The fourth-order valence-corrected chi connectivity index (χ4v) is 7.29. The van der Waals surface area contributed by atoms with E-state index in [2.05, 4.69) is 50.4 Å². The molecule has 0 saturated heterocycles. The van der Waals surface area contributed by atoms with E-state index >= 15 is 0 Å². The number of nitrogens with one attached hydrogen (secondary N) is 1. The lowest BCUT2D eigenvalue weighted by atomic mass is 10.0. The lowest BCUT2D eigenvalue weighted by Gasteiger charge is -2.24. The van der Waals surface area contributed by atoms with Crippen LogP contribution in [0.15, 0.2) is 85.1 Å². The van der Waals surface area contributed by atoms with Gasteiger partial charge < -0.3 is 20.3 Å². The summed E-state index contributed by atoms with van der Waals surface area (Å²) in [6.45, 7) is 6.30. The van der Waals surface area contributed by atoms with E-state index in [0.29, 0.717) is 19.3 Å². The number of rotatable bonds is 44. The number of hydrogen-bond acceptors (Lipinski definition) is 5. The third kappa shape index (κ3) is 43.5. The molecule has 3 unspecified atom stereocenters. The molecule has 0 aliphatic carbocycles. The highest BCUT2D eigenvalue weighted by Gasteiger charge is 2.24. The monoisotopic (exact) mass is 850 g/mol. The maximum Gasteiger partial charge on any atom is 0.306 e. The average Bonchev–Trinajstić information content (AvgIpc) is 3.25. The summed E-state index contributed by atoms with van der Waals surface area (Å²) in [6, 6.07) is -0.732. The number of aliphatic hydroxyl groups is 2.